The van der Waals surface area contributed by atoms with Crippen LogP contribution in [0, 0.1) is 0 Å². The van der Waals surface area contributed by atoms with Gasteiger partial charge in [0.1, 0.15) is 0 Å². The van der Waals surface area contributed by atoms with E-state index in [0.29, 0.717) is 0 Å². The maximum absolute atomic E-state index is 9.90. The molecule has 0 aliphatic carbocycles. The van der Waals surface area contributed by atoms with Crippen LogP contribution in [0.25, 0.3) is 0 Å². The summed E-state index contributed by atoms with van der Waals surface area (Å²) in [7, 11) is 1.23. The topological polar surface area (TPSA) is 72.8 Å². The zero-order valence-corrected chi connectivity index (χ0v) is 6.36. The van der Waals surface area contributed by atoms with Crippen LogP contribution in [0.15, 0.2) is 12.8 Å². The van der Waals surface area contributed by atoms with Crippen molar-refractivity contribution in [2.24, 2.45) is 0 Å². The Balaban J connectivity index is 0. The quantitative estimate of drug-likeness (QED) is 0.460. The Morgan fingerprint density at radius 3 is 2.00 bits per heavy atom. The molecule has 0 aromatic rings. The SMILES string of the molecule is C=COC(=O)OC.CC(=O)O. The Kier molecular flexibility index (Phi) is 9.39. The smallest absolute Gasteiger partial charge is 0.481 e. The summed E-state index contributed by atoms with van der Waals surface area (Å²) in [6, 6.07) is 0. The Hall–Kier alpha value is -1.52. The van der Waals surface area contributed by atoms with Crippen LogP contribution in [-0.4, -0.2) is 24.3 Å². The first-order valence-electron chi connectivity index (χ1n) is 2.59. The number of methoxy groups -OCH3 is 1. The van der Waals surface area contributed by atoms with Crippen LogP contribution in [0.5, 0.6) is 0 Å². The summed E-state index contributed by atoms with van der Waals surface area (Å²) >= 11 is 0. The summed E-state index contributed by atoms with van der Waals surface area (Å²) in [6.45, 7) is 4.21. The molecule has 0 amide bonds. The monoisotopic (exact) mass is 162 g/mol. The average molecular weight is 162 g/mol. The number of ether oxygens (including phenoxy) is 2. The van der Waals surface area contributed by atoms with E-state index < -0.39 is 12.1 Å². The van der Waals surface area contributed by atoms with Gasteiger partial charge in [-0.25, -0.2) is 4.79 Å². The van der Waals surface area contributed by atoms with Gasteiger partial charge in [-0.05, 0) is 0 Å². The molecule has 0 saturated carbocycles. The van der Waals surface area contributed by atoms with Gasteiger partial charge >= 0.3 is 6.16 Å². The summed E-state index contributed by atoms with van der Waals surface area (Å²) < 4.78 is 8.15. The maximum atomic E-state index is 9.90. The van der Waals surface area contributed by atoms with E-state index in [1.54, 1.807) is 0 Å². The minimum absolute atomic E-state index is 0.741. The van der Waals surface area contributed by atoms with Crippen LogP contribution in [0.2, 0.25) is 0 Å². The highest BCUT2D eigenvalue weighted by Gasteiger charge is 1.91. The molecule has 0 unspecified atom stereocenters. The van der Waals surface area contributed by atoms with Gasteiger partial charge in [-0.1, -0.05) is 6.58 Å². The van der Waals surface area contributed by atoms with Crippen molar-refractivity contribution in [1.82, 2.24) is 0 Å². The van der Waals surface area contributed by atoms with Crippen LogP contribution in [0.1, 0.15) is 6.92 Å². The van der Waals surface area contributed by atoms with Gasteiger partial charge in [0.25, 0.3) is 5.97 Å². The lowest BCUT2D eigenvalue weighted by Gasteiger charge is -1.90. The van der Waals surface area contributed by atoms with Gasteiger partial charge in [0.15, 0.2) is 0 Å². The van der Waals surface area contributed by atoms with E-state index in [2.05, 4.69) is 16.1 Å². The fourth-order valence-electron chi connectivity index (χ4n) is 0.116. The molecule has 0 spiro atoms. The summed E-state index contributed by atoms with van der Waals surface area (Å²) in [5.41, 5.74) is 0. The molecule has 0 heterocycles. The van der Waals surface area contributed by atoms with Crippen molar-refractivity contribution in [1.29, 1.82) is 0 Å². The third-order valence-electron chi connectivity index (χ3n) is 0.346. The number of aliphatic carboxylic acids is 1. The fourth-order valence-corrected chi connectivity index (χ4v) is 0.116. The predicted octanol–water partition coefficient (Wildman–Crippen LogP) is 1.00. The molecule has 64 valence electrons. The highest BCUT2D eigenvalue weighted by atomic mass is 16.7. The molecule has 0 rings (SSSR count). The van der Waals surface area contributed by atoms with Gasteiger partial charge in [-0.15, -0.1) is 0 Å². The van der Waals surface area contributed by atoms with Crippen LogP contribution >= 0.6 is 0 Å². The molecule has 0 aliphatic rings. The minimum atomic E-state index is -0.833. The van der Waals surface area contributed by atoms with Gasteiger partial charge < -0.3 is 14.6 Å². The van der Waals surface area contributed by atoms with Gasteiger partial charge in [0, 0.05) is 6.92 Å². The van der Waals surface area contributed by atoms with Gasteiger partial charge in [0.2, 0.25) is 0 Å². The van der Waals surface area contributed by atoms with Crippen molar-refractivity contribution in [2.45, 2.75) is 6.92 Å². The second-order valence-electron chi connectivity index (χ2n) is 1.26. The van der Waals surface area contributed by atoms with E-state index in [1.807, 2.05) is 0 Å². The Morgan fingerprint density at radius 1 is 1.55 bits per heavy atom. The predicted molar refractivity (Wildman–Crippen MR) is 37.0 cm³/mol. The highest BCUT2D eigenvalue weighted by Crippen LogP contribution is 1.78. The fraction of sp³-hybridized carbons (Fsp3) is 0.333. The lowest BCUT2D eigenvalue weighted by molar-refractivity contribution is -0.134. The second kappa shape index (κ2) is 8.48. The first kappa shape index (κ1) is 12.2. The van der Waals surface area contributed by atoms with Crippen molar-refractivity contribution in [3.8, 4) is 0 Å². The molecule has 0 fully saturated rings. The van der Waals surface area contributed by atoms with E-state index in [4.69, 9.17) is 9.90 Å². The summed E-state index contributed by atoms with van der Waals surface area (Å²) in [6.07, 6.45) is 0.265. The number of rotatable bonds is 1. The van der Waals surface area contributed by atoms with Gasteiger partial charge in [-0.3, -0.25) is 4.79 Å². The van der Waals surface area contributed by atoms with Gasteiger partial charge in [-0.2, -0.15) is 0 Å². The minimum Gasteiger partial charge on any atom is -0.481 e. The first-order valence-corrected chi connectivity index (χ1v) is 2.59. The van der Waals surface area contributed by atoms with Crippen LogP contribution in [-0.2, 0) is 14.3 Å². The van der Waals surface area contributed by atoms with E-state index in [9.17, 15) is 4.79 Å². The number of carboxylic acids is 1. The summed E-state index contributed by atoms with van der Waals surface area (Å²) in [4.78, 5) is 18.9. The second-order valence-corrected chi connectivity index (χ2v) is 1.26. The molecule has 1 N–H and O–H groups in total. The normalized spacial score (nSPS) is 6.73. The molecule has 5 heteroatoms. The average Bonchev–Trinajstić information content (AvgIpc) is 1.87. The lowest BCUT2D eigenvalue weighted by atomic mass is 10.9. The van der Waals surface area contributed by atoms with E-state index in [1.165, 1.54) is 7.11 Å². The number of carbonyl (C=O) groups is 2. The third kappa shape index (κ3) is 29.4. The summed E-state index contributed by atoms with van der Waals surface area (Å²) in [5.74, 6) is -0.833. The van der Waals surface area contributed by atoms with Crippen molar-refractivity contribution in [3.05, 3.63) is 12.8 Å². The van der Waals surface area contributed by atoms with Crippen LogP contribution in [0.4, 0.5) is 4.79 Å². The molecule has 5 nitrogen and oxygen atoms in total. The molecule has 0 aliphatic heterocycles. The number of hydrogen-bond donors (Lipinski definition) is 1. The van der Waals surface area contributed by atoms with E-state index in [-0.39, 0.29) is 0 Å². The number of carbonyl (C=O) groups excluding carboxylic acids is 1. The van der Waals surface area contributed by atoms with E-state index >= 15 is 0 Å². The molecule has 0 saturated heterocycles. The zero-order chi connectivity index (χ0) is 9.28. The largest absolute Gasteiger partial charge is 0.512 e. The highest BCUT2D eigenvalue weighted by molar-refractivity contribution is 5.63. The summed E-state index contributed by atoms with van der Waals surface area (Å²) in [5, 5.41) is 7.42. The standard InChI is InChI=1S/C4H6O3.C2H4O2/c1-3-7-4(5)6-2;1-2(3)4/h3H,1H2,2H3;1H3,(H,3,4). The molecule has 11 heavy (non-hydrogen) atoms. The van der Waals surface area contributed by atoms with Crippen LogP contribution in [0.3, 0.4) is 0 Å². The van der Waals surface area contributed by atoms with Gasteiger partial charge in [0.05, 0.1) is 13.4 Å². The Bertz CT molecular complexity index is 136. The molecule has 0 aromatic heterocycles. The molecular weight excluding hydrogens is 152 g/mol. The maximum Gasteiger partial charge on any atom is 0.512 e. The molecular formula is C6H10O5. The van der Waals surface area contributed by atoms with Crippen LogP contribution < -0.4 is 0 Å². The molecule has 0 atom stereocenters. The van der Waals surface area contributed by atoms with Crippen molar-refractivity contribution >= 4 is 12.1 Å². The Morgan fingerprint density at radius 2 is 1.91 bits per heavy atom. The van der Waals surface area contributed by atoms with Crippen molar-refractivity contribution in [3.63, 3.8) is 0 Å². The Labute approximate surface area is 64.2 Å². The van der Waals surface area contributed by atoms with E-state index in [0.717, 1.165) is 13.2 Å². The molecule has 0 aromatic carbocycles. The zero-order valence-electron chi connectivity index (χ0n) is 6.36. The first-order chi connectivity index (χ1) is 5.04. The molecule has 0 radical (unpaired) electrons. The van der Waals surface area contributed by atoms with Crippen molar-refractivity contribution < 1.29 is 24.2 Å². The number of hydrogen-bond acceptors (Lipinski definition) is 4. The molecule has 0 bridgehead atoms. The third-order valence-corrected chi connectivity index (χ3v) is 0.346. The number of carboxylic acid groups (broad SMARTS) is 1. The lowest BCUT2D eigenvalue weighted by Crippen LogP contribution is -1.96. The van der Waals surface area contributed by atoms with Crippen molar-refractivity contribution in [2.75, 3.05) is 7.11 Å².